The normalized spacial score (nSPS) is 34.8. The van der Waals surface area contributed by atoms with Gasteiger partial charge in [0.1, 0.15) is 0 Å². The molecule has 2 nitrogen and oxygen atoms in total. The maximum atomic E-state index is 6.30. The van der Waals surface area contributed by atoms with Crippen LogP contribution in [0.1, 0.15) is 65.2 Å². The van der Waals surface area contributed by atoms with Crippen molar-refractivity contribution in [1.82, 2.24) is 4.90 Å². The van der Waals surface area contributed by atoms with Crippen LogP contribution in [-0.2, 0) is 0 Å². The van der Waals surface area contributed by atoms with Crippen molar-refractivity contribution in [1.29, 1.82) is 0 Å². The summed E-state index contributed by atoms with van der Waals surface area (Å²) in [7, 11) is 0. The van der Waals surface area contributed by atoms with Gasteiger partial charge in [-0.3, -0.25) is 4.90 Å². The lowest BCUT2D eigenvalue weighted by Crippen LogP contribution is -2.53. The van der Waals surface area contributed by atoms with Crippen molar-refractivity contribution in [2.45, 2.75) is 77.3 Å². The summed E-state index contributed by atoms with van der Waals surface area (Å²) >= 11 is 0. The average molecular weight is 238 g/mol. The van der Waals surface area contributed by atoms with E-state index in [1.807, 2.05) is 0 Å². The van der Waals surface area contributed by atoms with E-state index in [4.69, 9.17) is 5.73 Å². The number of piperidine rings is 1. The van der Waals surface area contributed by atoms with Crippen LogP contribution in [0.2, 0.25) is 0 Å². The lowest BCUT2D eigenvalue weighted by atomic mass is 9.73. The molecular formula is C15H30N2. The highest BCUT2D eigenvalue weighted by Crippen LogP contribution is 2.39. The molecule has 1 saturated heterocycles. The third kappa shape index (κ3) is 2.85. The molecule has 1 saturated carbocycles. The van der Waals surface area contributed by atoms with Crippen molar-refractivity contribution < 1.29 is 0 Å². The highest BCUT2D eigenvalue weighted by molar-refractivity contribution is 4.91. The molecule has 0 aromatic carbocycles. The van der Waals surface area contributed by atoms with Crippen LogP contribution in [-0.4, -0.2) is 30.1 Å². The van der Waals surface area contributed by atoms with Crippen LogP contribution >= 0.6 is 0 Å². The summed E-state index contributed by atoms with van der Waals surface area (Å²) < 4.78 is 0. The summed E-state index contributed by atoms with van der Waals surface area (Å²) in [4.78, 5) is 2.70. The van der Waals surface area contributed by atoms with Gasteiger partial charge in [-0.2, -0.15) is 0 Å². The predicted molar refractivity (Wildman–Crippen MR) is 74.1 cm³/mol. The van der Waals surface area contributed by atoms with E-state index < -0.39 is 0 Å². The summed E-state index contributed by atoms with van der Waals surface area (Å²) in [5, 5.41) is 0. The van der Waals surface area contributed by atoms with E-state index in [1.54, 1.807) is 0 Å². The van der Waals surface area contributed by atoms with E-state index >= 15 is 0 Å². The summed E-state index contributed by atoms with van der Waals surface area (Å²) in [6.07, 6.45) is 10.8. The van der Waals surface area contributed by atoms with E-state index in [0.29, 0.717) is 17.5 Å². The Labute approximate surface area is 107 Å². The van der Waals surface area contributed by atoms with Gasteiger partial charge in [0.25, 0.3) is 0 Å². The van der Waals surface area contributed by atoms with Crippen LogP contribution in [0.15, 0.2) is 0 Å². The molecule has 0 aromatic heterocycles. The molecule has 0 bridgehead atoms. The minimum Gasteiger partial charge on any atom is -0.326 e. The minimum atomic E-state index is 0.444. The first-order chi connectivity index (χ1) is 8.21. The number of nitrogens with two attached hydrogens (primary N) is 1. The molecule has 1 aliphatic carbocycles. The molecule has 17 heavy (non-hydrogen) atoms. The zero-order valence-electron chi connectivity index (χ0n) is 11.8. The van der Waals surface area contributed by atoms with Crippen molar-refractivity contribution >= 4 is 0 Å². The first-order valence-electron chi connectivity index (χ1n) is 7.70. The topological polar surface area (TPSA) is 29.3 Å². The van der Waals surface area contributed by atoms with Gasteiger partial charge in [0.15, 0.2) is 0 Å². The maximum Gasteiger partial charge on any atom is 0.0247 e. The van der Waals surface area contributed by atoms with Crippen molar-refractivity contribution in [3.8, 4) is 0 Å². The molecule has 0 aromatic rings. The van der Waals surface area contributed by atoms with Crippen LogP contribution in [0.4, 0.5) is 0 Å². The number of nitrogens with zero attached hydrogens (tertiary/aromatic N) is 1. The number of likely N-dealkylation sites (tertiary alicyclic amines) is 1. The fraction of sp³-hybridized carbons (Fsp3) is 1.00. The number of hydrogen-bond acceptors (Lipinski definition) is 2. The molecule has 2 rings (SSSR count). The summed E-state index contributed by atoms with van der Waals surface area (Å²) in [5.74, 6) is 0. The Morgan fingerprint density at radius 1 is 1.06 bits per heavy atom. The molecule has 2 heteroatoms. The van der Waals surface area contributed by atoms with Crippen LogP contribution < -0.4 is 5.73 Å². The summed E-state index contributed by atoms with van der Waals surface area (Å²) in [6, 6.07) is 1.13. The molecule has 0 radical (unpaired) electrons. The third-order valence-electron chi connectivity index (χ3n) is 5.61. The lowest BCUT2D eigenvalue weighted by molar-refractivity contribution is 0.0457. The first kappa shape index (κ1) is 13.4. The predicted octanol–water partition coefficient (Wildman–Crippen LogP) is 3.16. The highest BCUT2D eigenvalue weighted by atomic mass is 15.2. The zero-order chi connectivity index (χ0) is 12.3. The lowest BCUT2D eigenvalue weighted by Gasteiger charge is -2.46. The van der Waals surface area contributed by atoms with Crippen LogP contribution in [0.3, 0.4) is 0 Å². The Bertz CT molecular complexity index is 225. The Balaban J connectivity index is 1.89. The van der Waals surface area contributed by atoms with Crippen LogP contribution in [0.5, 0.6) is 0 Å². The van der Waals surface area contributed by atoms with Gasteiger partial charge in [-0.15, -0.1) is 0 Å². The van der Waals surface area contributed by atoms with Crippen LogP contribution in [0.25, 0.3) is 0 Å². The van der Waals surface area contributed by atoms with Gasteiger partial charge < -0.3 is 5.73 Å². The quantitative estimate of drug-likeness (QED) is 0.818. The Kier molecular flexibility index (Phi) is 4.48. The highest BCUT2D eigenvalue weighted by Gasteiger charge is 2.35. The van der Waals surface area contributed by atoms with Crippen molar-refractivity contribution in [2.24, 2.45) is 11.1 Å². The van der Waals surface area contributed by atoms with E-state index in [2.05, 4.69) is 18.7 Å². The van der Waals surface area contributed by atoms with E-state index in [-0.39, 0.29) is 0 Å². The fourth-order valence-corrected chi connectivity index (χ4v) is 3.88. The molecule has 2 aliphatic rings. The smallest absolute Gasteiger partial charge is 0.0247 e. The van der Waals surface area contributed by atoms with Gasteiger partial charge in [0.2, 0.25) is 0 Å². The molecule has 0 spiro atoms. The maximum absolute atomic E-state index is 6.30. The van der Waals surface area contributed by atoms with Gasteiger partial charge in [0, 0.05) is 12.1 Å². The monoisotopic (exact) mass is 238 g/mol. The summed E-state index contributed by atoms with van der Waals surface area (Å²) in [5.41, 5.74) is 6.95. The van der Waals surface area contributed by atoms with Crippen molar-refractivity contribution in [3.63, 3.8) is 0 Å². The Morgan fingerprint density at radius 2 is 1.65 bits per heavy atom. The second-order valence-corrected chi connectivity index (χ2v) is 6.26. The summed E-state index contributed by atoms with van der Waals surface area (Å²) in [6.45, 7) is 7.32. The SMILES string of the molecule is CCC1(CC)CCN(C2CCCCC2N)CC1. The minimum absolute atomic E-state index is 0.444. The Hall–Kier alpha value is -0.0800. The zero-order valence-corrected chi connectivity index (χ0v) is 11.8. The van der Waals surface area contributed by atoms with Gasteiger partial charge in [-0.1, -0.05) is 39.5 Å². The average Bonchev–Trinajstić information content (AvgIpc) is 2.40. The van der Waals surface area contributed by atoms with Gasteiger partial charge in [-0.25, -0.2) is 0 Å². The van der Waals surface area contributed by atoms with E-state index in [9.17, 15) is 0 Å². The Morgan fingerprint density at radius 3 is 2.18 bits per heavy atom. The molecular weight excluding hydrogens is 208 g/mol. The van der Waals surface area contributed by atoms with Gasteiger partial charge in [0.05, 0.1) is 0 Å². The standard InChI is InChI=1S/C15H30N2/c1-3-15(4-2)9-11-17(12-10-15)14-8-6-5-7-13(14)16/h13-14H,3-12,16H2,1-2H3. The van der Waals surface area contributed by atoms with Crippen LogP contribution in [0, 0.1) is 5.41 Å². The van der Waals surface area contributed by atoms with Gasteiger partial charge in [-0.05, 0) is 44.2 Å². The van der Waals surface area contributed by atoms with E-state index in [0.717, 1.165) is 0 Å². The van der Waals surface area contributed by atoms with Gasteiger partial charge >= 0.3 is 0 Å². The fourth-order valence-electron chi connectivity index (χ4n) is 3.88. The largest absolute Gasteiger partial charge is 0.326 e. The molecule has 2 fully saturated rings. The number of rotatable bonds is 3. The molecule has 0 amide bonds. The molecule has 1 aliphatic heterocycles. The molecule has 2 unspecified atom stereocenters. The first-order valence-corrected chi connectivity index (χ1v) is 7.70. The second-order valence-electron chi connectivity index (χ2n) is 6.26. The van der Waals surface area contributed by atoms with E-state index in [1.165, 1.54) is 64.5 Å². The molecule has 2 N–H and O–H groups in total. The third-order valence-corrected chi connectivity index (χ3v) is 5.61. The molecule has 1 heterocycles. The molecule has 100 valence electrons. The second kappa shape index (κ2) is 5.71. The number of hydrogen-bond donors (Lipinski definition) is 1. The van der Waals surface area contributed by atoms with Crippen molar-refractivity contribution in [2.75, 3.05) is 13.1 Å². The molecule has 2 atom stereocenters. The van der Waals surface area contributed by atoms with Crippen molar-refractivity contribution in [3.05, 3.63) is 0 Å².